The molecule has 1 N–H and O–H groups in total. The van der Waals surface area contributed by atoms with Crippen LogP contribution in [0.25, 0.3) is 0 Å². The first-order chi connectivity index (χ1) is 11.4. The van der Waals surface area contributed by atoms with Crippen molar-refractivity contribution in [3.05, 3.63) is 23.5 Å². The average molecular weight is 337 g/mol. The Balaban J connectivity index is 3.10. The fourth-order valence-electron chi connectivity index (χ4n) is 1.88. The van der Waals surface area contributed by atoms with Gasteiger partial charge in [0.15, 0.2) is 11.4 Å². The van der Waals surface area contributed by atoms with E-state index < -0.39 is 11.9 Å². The largest absolute Gasteiger partial charge is 0.461 e. The Labute approximate surface area is 141 Å². The highest BCUT2D eigenvalue weighted by molar-refractivity contribution is 5.93. The molecule has 0 aromatic carbocycles. The third kappa shape index (κ3) is 5.53. The number of carbonyl (C=O) groups excluding carboxylic acids is 3. The molecular weight excluding hydrogens is 314 g/mol. The van der Waals surface area contributed by atoms with Crippen LogP contribution in [0, 0.1) is 0 Å². The Kier molecular flexibility index (Phi) is 7.67. The minimum atomic E-state index is -0.621. The predicted octanol–water partition coefficient (Wildman–Crippen LogP) is 1.01. The summed E-state index contributed by atoms with van der Waals surface area (Å²) in [5.41, 5.74) is 0.605. The van der Waals surface area contributed by atoms with Crippen LogP contribution >= 0.6 is 0 Å². The Morgan fingerprint density at radius 3 is 2.00 bits per heavy atom. The third-order valence-corrected chi connectivity index (χ3v) is 3.17. The van der Waals surface area contributed by atoms with Gasteiger partial charge in [0.05, 0.1) is 13.2 Å². The highest BCUT2D eigenvalue weighted by atomic mass is 16.5. The summed E-state index contributed by atoms with van der Waals surface area (Å²) in [6.07, 6.45) is 0.277. The quantitative estimate of drug-likeness (QED) is 0.707. The van der Waals surface area contributed by atoms with Crippen LogP contribution in [-0.2, 0) is 14.3 Å². The first-order valence-electron chi connectivity index (χ1n) is 7.70. The highest BCUT2D eigenvalue weighted by Crippen LogP contribution is 2.18. The molecule has 0 unspecified atom stereocenters. The molecule has 132 valence electrons. The van der Waals surface area contributed by atoms with Gasteiger partial charge in [0.25, 0.3) is 0 Å². The molecule has 0 bridgehead atoms. The predicted molar refractivity (Wildman–Crippen MR) is 88.1 cm³/mol. The minimum absolute atomic E-state index is 0.0178. The molecule has 0 fully saturated rings. The second-order valence-corrected chi connectivity index (χ2v) is 4.88. The lowest BCUT2D eigenvalue weighted by molar-refractivity contribution is -0.120. The average Bonchev–Trinajstić information content (AvgIpc) is 2.59. The van der Waals surface area contributed by atoms with Crippen LogP contribution in [0.5, 0.6) is 0 Å². The molecule has 8 nitrogen and oxygen atoms in total. The molecule has 1 rings (SSSR count). The number of nitrogens with one attached hydrogen (secondary N) is 1. The van der Waals surface area contributed by atoms with E-state index >= 15 is 0 Å². The third-order valence-electron chi connectivity index (χ3n) is 3.17. The first-order valence-corrected chi connectivity index (χ1v) is 7.70. The van der Waals surface area contributed by atoms with Gasteiger partial charge in [-0.2, -0.15) is 0 Å². The van der Waals surface area contributed by atoms with Gasteiger partial charge in [0.2, 0.25) is 5.91 Å². The summed E-state index contributed by atoms with van der Waals surface area (Å²) in [7, 11) is 3.31. The van der Waals surface area contributed by atoms with Crippen molar-refractivity contribution in [3.8, 4) is 0 Å². The molecule has 1 aromatic heterocycles. The lowest BCUT2D eigenvalue weighted by Gasteiger charge is -2.20. The summed E-state index contributed by atoms with van der Waals surface area (Å²) in [5.74, 6) is -1.35. The van der Waals surface area contributed by atoms with Gasteiger partial charge in [0.1, 0.15) is 0 Å². The smallest absolute Gasteiger partial charge is 0.357 e. The number of pyridine rings is 1. The summed E-state index contributed by atoms with van der Waals surface area (Å²) >= 11 is 0. The molecule has 0 spiro atoms. The van der Waals surface area contributed by atoms with Crippen LogP contribution in [0.15, 0.2) is 12.1 Å². The van der Waals surface area contributed by atoms with Crippen molar-refractivity contribution in [1.29, 1.82) is 0 Å². The van der Waals surface area contributed by atoms with Gasteiger partial charge in [-0.3, -0.25) is 4.79 Å². The van der Waals surface area contributed by atoms with Crippen molar-refractivity contribution < 1.29 is 23.9 Å². The summed E-state index contributed by atoms with van der Waals surface area (Å²) in [5, 5.41) is 2.54. The normalized spacial score (nSPS) is 10.0. The lowest BCUT2D eigenvalue weighted by atomic mass is 10.2. The first kappa shape index (κ1) is 19.4. The monoisotopic (exact) mass is 337 g/mol. The van der Waals surface area contributed by atoms with Crippen molar-refractivity contribution in [2.75, 3.05) is 38.8 Å². The molecule has 24 heavy (non-hydrogen) atoms. The second-order valence-electron chi connectivity index (χ2n) is 4.88. The van der Waals surface area contributed by atoms with Crippen LogP contribution in [0.4, 0.5) is 5.69 Å². The maximum Gasteiger partial charge on any atom is 0.357 e. The van der Waals surface area contributed by atoms with E-state index in [1.165, 1.54) is 12.1 Å². The molecule has 0 radical (unpaired) electrons. The van der Waals surface area contributed by atoms with Crippen LogP contribution in [0.1, 0.15) is 41.2 Å². The Bertz CT molecular complexity index is 567. The number of amides is 1. The number of esters is 2. The number of rotatable bonds is 8. The number of hydrogen-bond donors (Lipinski definition) is 1. The number of aromatic nitrogens is 1. The van der Waals surface area contributed by atoms with Gasteiger partial charge in [-0.05, 0) is 26.0 Å². The van der Waals surface area contributed by atoms with E-state index in [0.717, 1.165) is 0 Å². The van der Waals surface area contributed by atoms with E-state index in [1.807, 2.05) is 0 Å². The highest BCUT2D eigenvalue weighted by Gasteiger charge is 2.18. The van der Waals surface area contributed by atoms with Gasteiger partial charge in [-0.15, -0.1) is 0 Å². The summed E-state index contributed by atoms with van der Waals surface area (Å²) in [6, 6.07) is 3.04. The molecule has 0 aliphatic carbocycles. The Morgan fingerprint density at radius 2 is 1.58 bits per heavy atom. The van der Waals surface area contributed by atoms with Crippen LogP contribution in [0.3, 0.4) is 0 Å². The molecule has 0 atom stereocenters. The molecule has 1 heterocycles. The van der Waals surface area contributed by atoms with Gasteiger partial charge in [-0.1, -0.05) is 0 Å². The van der Waals surface area contributed by atoms with E-state index in [1.54, 1.807) is 32.8 Å². The van der Waals surface area contributed by atoms with Crippen molar-refractivity contribution >= 4 is 23.5 Å². The van der Waals surface area contributed by atoms with Gasteiger partial charge < -0.3 is 19.7 Å². The van der Waals surface area contributed by atoms with Crippen LogP contribution in [0.2, 0.25) is 0 Å². The topological polar surface area (TPSA) is 97.8 Å². The van der Waals surface area contributed by atoms with Crippen LogP contribution in [-0.4, -0.2) is 56.7 Å². The maximum atomic E-state index is 11.9. The number of ether oxygens (including phenoxy) is 2. The fourth-order valence-corrected chi connectivity index (χ4v) is 1.88. The molecule has 1 amide bonds. The SMILES string of the molecule is CCOC(=O)c1cc(N(C)CCC(=O)NC)cc(C(=O)OCC)n1. The van der Waals surface area contributed by atoms with Crippen molar-refractivity contribution in [2.45, 2.75) is 20.3 Å². The second kappa shape index (κ2) is 9.49. The zero-order valence-corrected chi connectivity index (χ0v) is 14.4. The van der Waals surface area contributed by atoms with E-state index in [9.17, 15) is 14.4 Å². The molecule has 0 saturated carbocycles. The molecular formula is C16H23N3O5. The fraction of sp³-hybridized carbons (Fsp3) is 0.500. The summed E-state index contributed by atoms with van der Waals surface area (Å²) < 4.78 is 9.87. The number of carbonyl (C=O) groups is 3. The lowest BCUT2D eigenvalue weighted by Crippen LogP contribution is -2.27. The van der Waals surface area contributed by atoms with Gasteiger partial charge >= 0.3 is 11.9 Å². The summed E-state index contributed by atoms with van der Waals surface area (Å²) in [6.45, 7) is 4.18. The van der Waals surface area contributed by atoms with E-state index in [2.05, 4.69) is 10.3 Å². The molecule has 0 saturated heterocycles. The number of nitrogens with zero attached hydrogens (tertiary/aromatic N) is 2. The minimum Gasteiger partial charge on any atom is -0.461 e. The molecule has 1 aromatic rings. The molecule has 8 heteroatoms. The maximum absolute atomic E-state index is 11.9. The van der Waals surface area contributed by atoms with Crippen molar-refractivity contribution in [1.82, 2.24) is 10.3 Å². The van der Waals surface area contributed by atoms with Crippen LogP contribution < -0.4 is 10.2 Å². The van der Waals surface area contributed by atoms with Crippen molar-refractivity contribution in [2.24, 2.45) is 0 Å². The molecule has 0 aliphatic rings. The number of anilines is 1. The van der Waals surface area contributed by atoms with E-state index in [-0.39, 0.29) is 36.9 Å². The van der Waals surface area contributed by atoms with E-state index in [0.29, 0.717) is 12.2 Å². The molecule has 0 aliphatic heterocycles. The summed E-state index contributed by atoms with van der Waals surface area (Å²) in [4.78, 5) is 41.0. The van der Waals surface area contributed by atoms with Gasteiger partial charge in [0, 0.05) is 32.7 Å². The zero-order valence-electron chi connectivity index (χ0n) is 14.4. The van der Waals surface area contributed by atoms with E-state index in [4.69, 9.17) is 9.47 Å². The van der Waals surface area contributed by atoms with Gasteiger partial charge in [-0.25, -0.2) is 14.6 Å². The Morgan fingerprint density at radius 1 is 1.08 bits per heavy atom. The number of hydrogen-bond acceptors (Lipinski definition) is 7. The standard InChI is InChI=1S/C16H23N3O5/c1-5-23-15(21)12-9-11(19(4)8-7-14(20)17-3)10-13(18-12)16(22)24-6-2/h9-10H,5-8H2,1-4H3,(H,17,20). The van der Waals surface area contributed by atoms with Crippen molar-refractivity contribution in [3.63, 3.8) is 0 Å². The Hall–Kier alpha value is -2.64. The zero-order chi connectivity index (χ0) is 18.1.